The van der Waals surface area contributed by atoms with Crippen molar-refractivity contribution in [1.82, 2.24) is 0 Å². The number of hydrogen-bond acceptors (Lipinski definition) is 4. The molecule has 2 aromatic rings. The van der Waals surface area contributed by atoms with E-state index in [1.807, 2.05) is 48.5 Å². The molecule has 2 aromatic carbocycles. The zero-order valence-electron chi connectivity index (χ0n) is 16.0. The van der Waals surface area contributed by atoms with E-state index in [0.29, 0.717) is 19.1 Å². The van der Waals surface area contributed by atoms with Gasteiger partial charge in [0.15, 0.2) is 0 Å². The first-order valence-corrected chi connectivity index (χ1v) is 9.17. The molecule has 0 saturated carbocycles. The molecular formula is C22H28N2O3. The van der Waals surface area contributed by atoms with E-state index in [2.05, 4.69) is 31.1 Å². The molecule has 0 atom stereocenters. The molecule has 0 fully saturated rings. The van der Waals surface area contributed by atoms with Crippen molar-refractivity contribution in [2.75, 3.05) is 30.4 Å². The Labute approximate surface area is 161 Å². The molecule has 0 aliphatic heterocycles. The van der Waals surface area contributed by atoms with Crippen molar-refractivity contribution in [2.24, 2.45) is 5.92 Å². The molecule has 2 N–H and O–H groups in total. The summed E-state index contributed by atoms with van der Waals surface area (Å²) in [6, 6.07) is 14.9. The highest BCUT2D eigenvalue weighted by Crippen LogP contribution is 2.18. The van der Waals surface area contributed by atoms with Crippen LogP contribution in [0.4, 0.5) is 11.4 Å². The lowest BCUT2D eigenvalue weighted by Crippen LogP contribution is -2.21. The minimum absolute atomic E-state index is 0.124. The van der Waals surface area contributed by atoms with Gasteiger partial charge in [0.25, 0.3) is 0 Å². The van der Waals surface area contributed by atoms with Crippen LogP contribution in [-0.2, 0) is 4.79 Å². The zero-order valence-corrected chi connectivity index (χ0v) is 16.0. The summed E-state index contributed by atoms with van der Waals surface area (Å²) < 4.78 is 11.2. The Bertz CT molecular complexity index is 727. The van der Waals surface area contributed by atoms with Crippen molar-refractivity contribution in [3.05, 3.63) is 61.2 Å². The summed E-state index contributed by atoms with van der Waals surface area (Å²) >= 11 is 0. The molecule has 0 aliphatic rings. The summed E-state index contributed by atoms with van der Waals surface area (Å²) in [6.07, 6.45) is 2.69. The highest BCUT2D eigenvalue weighted by Gasteiger charge is 2.04. The number of carbonyl (C=O) groups excluding carboxylic acids is 1. The number of anilines is 2. The van der Waals surface area contributed by atoms with Crippen molar-refractivity contribution in [2.45, 2.75) is 20.3 Å². The van der Waals surface area contributed by atoms with E-state index in [0.717, 1.165) is 29.3 Å². The lowest BCUT2D eigenvalue weighted by Gasteiger charge is -2.11. The maximum atomic E-state index is 12.2. The lowest BCUT2D eigenvalue weighted by molar-refractivity contribution is -0.114. The second kappa shape index (κ2) is 10.9. The number of ether oxygens (including phenoxy) is 2. The standard InChI is InChI=1S/C22H28N2O3/c1-4-13-26-20-10-8-18(9-11-20)23-16-22(25)24-19-6-5-7-21(15-19)27-14-12-17(2)3/h4-11,15,17,23H,1,12-14,16H2,2-3H3,(H,24,25). The topological polar surface area (TPSA) is 59.6 Å². The summed E-state index contributed by atoms with van der Waals surface area (Å²) in [5, 5.41) is 5.96. The van der Waals surface area contributed by atoms with Crippen LogP contribution in [0.15, 0.2) is 61.2 Å². The fourth-order valence-corrected chi connectivity index (χ4v) is 2.29. The van der Waals surface area contributed by atoms with Crippen LogP contribution in [0.25, 0.3) is 0 Å². The Morgan fingerprint density at radius 2 is 1.85 bits per heavy atom. The SMILES string of the molecule is C=CCOc1ccc(NCC(=O)Nc2cccc(OCCC(C)C)c2)cc1. The minimum atomic E-state index is -0.124. The Morgan fingerprint density at radius 3 is 2.56 bits per heavy atom. The summed E-state index contributed by atoms with van der Waals surface area (Å²) in [5.74, 6) is 2.00. The maximum absolute atomic E-state index is 12.2. The van der Waals surface area contributed by atoms with Crippen LogP contribution in [0.3, 0.4) is 0 Å². The van der Waals surface area contributed by atoms with E-state index in [1.165, 1.54) is 0 Å². The second-order valence-corrected chi connectivity index (χ2v) is 6.58. The van der Waals surface area contributed by atoms with Crippen molar-refractivity contribution in [3.8, 4) is 11.5 Å². The van der Waals surface area contributed by atoms with Gasteiger partial charge in [0, 0.05) is 17.4 Å². The lowest BCUT2D eigenvalue weighted by atomic mass is 10.1. The number of benzene rings is 2. The van der Waals surface area contributed by atoms with Crippen molar-refractivity contribution >= 4 is 17.3 Å². The highest BCUT2D eigenvalue weighted by atomic mass is 16.5. The molecule has 0 unspecified atom stereocenters. The van der Waals surface area contributed by atoms with E-state index in [4.69, 9.17) is 9.47 Å². The predicted molar refractivity (Wildman–Crippen MR) is 111 cm³/mol. The number of amides is 1. The first-order chi connectivity index (χ1) is 13.1. The van der Waals surface area contributed by atoms with Crippen LogP contribution >= 0.6 is 0 Å². The van der Waals surface area contributed by atoms with Gasteiger partial charge < -0.3 is 20.1 Å². The molecule has 5 nitrogen and oxygen atoms in total. The number of nitrogens with one attached hydrogen (secondary N) is 2. The Balaban J connectivity index is 1.79. The average Bonchev–Trinajstić information content (AvgIpc) is 2.65. The zero-order chi connectivity index (χ0) is 19.5. The Morgan fingerprint density at radius 1 is 1.07 bits per heavy atom. The summed E-state index contributed by atoms with van der Waals surface area (Å²) in [7, 11) is 0. The number of rotatable bonds is 11. The van der Waals surface area contributed by atoms with Crippen LogP contribution < -0.4 is 20.1 Å². The molecule has 0 aromatic heterocycles. The van der Waals surface area contributed by atoms with Crippen molar-refractivity contribution in [3.63, 3.8) is 0 Å². The first kappa shape index (κ1) is 20.4. The van der Waals surface area contributed by atoms with Gasteiger partial charge in [-0.1, -0.05) is 32.6 Å². The molecule has 0 bridgehead atoms. The molecule has 0 aliphatic carbocycles. The van der Waals surface area contributed by atoms with E-state index in [-0.39, 0.29) is 12.5 Å². The molecule has 27 heavy (non-hydrogen) atoms. The quantitative estimate of drug-likeness (QED) is 0.563. The Hall–Kier alpha value is -2.95. The first-order valence-electron chi connectivity index (χ1n) is 9.17. The van der Waals surface area contributed by atoms with Gasteiger partial charge in [-0.2, -0.15) is 0 Å². The minimum Gasteiger partial charge on any atom is -0.494 e. The number of carbonyl (C=O) groups is 1. The predicted octanol–water partition coefficient (Wildman–Crippen LogP) is 4.73. The molecule has 0 spiro atoms. The van der Waals surface area contributed by atoms with Gasteiger partial charge in [-0.15, -0.1) is 0 Å². The monoisotopic (exact) mass is 368 g/mol. The van der Waals surface area contributed by atoms with Gasteiger partial charge in [0.2, 0.25) is 5.91 Å². The highest BCUT2D eigenvalue weighted by molar-refractivity contribution is 5.93. The largest absolute Gasteiger partial charge is 0.494 e. The van der Waals surface area contributed by atoms with Gasteiger partial charge in [-0.25, -0.2) is 0 Å². The van der Waals surface area contributed by atoms with Crippen molar-refractivity contribution < 1.29 is 14.3 Å². The third-order valence-electron chi connectivity index (χ3n) is 3.76. The van der Waals surface area contributed by atoms with Crippen LogP contribution in [0.2, 0.25) is 0 Å². The van der Waals surface area contributed by atoms with Gasteiger partial charge in [-0.3, -0.25) is 4.79 Å². The summed E-state index contributed by atoms with van der Waals surface area (Å²) in [4.78, 5) is 12.2. The van der Waals surface area contributed by atoms with Gasteiger partial charge >= 0.3 is 0 Å². The molecular weight excluding hydrogens is 340 g/mol. The average molecular weight is 368 g/mol. The normalized spacial score (nSPS) is 10.3. The van der Waals surface area contributed by atoms with Crippen LogP contribution in [0.1, 0.15) is 20.3 Å². The van der Waals surface area contributed by atoms with Gasteiger partial charge in [0.05, 0.1) is 13.2 Å². The van der Waals surface area contributed by atoms with Crippen LogP contribution in [0.5, 0.6) is 11.5 Å². The van der Waals surface area contributed by atoms with Gasteiger partial charge in [-0.05, 0) is 48.7 Å². The van der Waals surface area contributed by atoms with Crippen LogP contribution in [-0.4, -0.2) is 25.7 Å². The number of hydrogen-bond donors (Lipinski definition) is 2. The summed E-state index contributed by atoms with van der Waals surface area (Å²) in [6.45, 7) is 9.25. The molecule has 5 heteroatoms. The molecule has 0 radical (unpaired) electrons. The van der Waals surface area contributed by atoms with E-state index < -0.39 is 0 Å². The van der Waals surface area contributed by atoms with Gasteiger partial charge in [0.1, 0.15) is 18.1 Å². The summed E-state index contributed by atoms with van der Waals surface area (Å²) in [5.41, 5.74) is 1.57. The van der Waals surface area contributed by atoms with E-state index in [1.54, 1.807) is 6.08 Å². The molecule has 144 valence electrons. The van der Waals surface area contributed by atoms with Crippen molar-refractivity contribution in [1.29, 1.82) is 0 Å². The maximum Gasteiger partial charge on any atom is 0.243 e. The van der Waals surface area contributed by atoms with E-state index in [9.17, 15) is 4.79 Å². The molecule has 2 rings (SSSR count). The third kappa shape index (κ3) is 7.86. The van der Waals surface area contributed by atoms with Crippen LogP contribution in [0, 0.1) is 5.92 Å². The van der Waals surface area contributed by atoms with E-state index >= 15 is 0 Å². The fraction of sp³-hybridized carbons (Fsp3) is 0.318. The molecule has 1 amide bonds. The molecule has 0 heterocycles. The molecule has 0 saturated heterocycles. The third-order valence-corrected chi connectivity index (χ3v) is 3.76. The second-order valence-electron chi connectivity index (χ2n) is 6.58. The smallest absolute Gasteiger partial charge is 0.243 e. The fourth-order valence-electron chi connectivity index (χ4n) is 2.29. The Kier molecular flexibility index (Phi) is 8.23.